The van der Waals surface area contributed by atoms with Crippen molar-refractivity contribution in [1.29, 1.82) is 0 Å². The largest absolute Gasteiger partial charge is 0.379 e. The first-order valence-electron chi connectivity index (χ1n) is 6.71. The van der Waals surface area contributed by atoms with Crippen LogP contribution in [0.3, 0.4) is 0 Å². The van der Waals surface area contributed by atoms with Crippen molar-refractivity contribution in [3.8, 4) is 0 Å². The monoisotopic (exact) mass is 308 g/mol. The number of nitrogens with one attached hydrogen (secondary N) is 2. The lowest BCUT2D eigenvalue weighted by atomic mass is 10.3. The van der Waals surface area contributed by atoms with E-state index in [1.165, 1.54) is 0 Å². The second-order valence-electron chi connectivity index (χ2n) is 5.10. The summed E-state index contributed by atoms with van der Waals surface area (Å²) in [6, 6.07) is 8.50. The van der Waals surface area contributed by atoms with Crippen molar-refractivity contribution >= 4 is 15.7 Å². The van der Waals surface area contributed by atoms with E-state index in [2.05, 4.69) is 15.1 Å². The molecule has 114 valence electrons. The third kappa shape index (κ3) is 4.05. The fraction of sp³-hybridized carbons (Fsp3) is 0.357. The van der Waals surface area contributed by atoms with Crippen LogP contribution in [0.2, 0.25) is 0 Å². The van der Waals surface area contributed by atoms with Gasteiger partial charge in [-0.1, -0.05) is 0 Å². The zero-order valence-corrected chi connectivity index (χ0v) is 13.2. The minimum Gasteiger partial charge on any atom is -0.379 e. The van der Waals surface area contributed by atoms with E-state index in [1.807, 2.05) is 13.1 Å². The van der Waals surface area contributed by atoms with Gasteiger partial charge in [-0.05, 0) is 44.2 Å². The number of nitrogens with zero attached hydrogens (tertiary/aromatic N) is 2. The molecule has 0 saturated carbocycles. The van der Waals surface area contributed by atoms with Gasteiger partial charge >= 0.3 is 0 Å². The highest BCUT2D eigenvalue weighted by Gasteiger charge is 2.14. The number of sulfonamides is 1. The molecule has 21 heavy (non-hydrogen) atoms. The van der Waals surface area contributed by atoms with Crippen LogP contribution in [0, 0.1) is 0 Å². The van der Waals surface area contributed by atoms with Crippen molar-refractivity contribution in [2.24, 2.45) is 7.05 Å². The number of benzene rings is 1. The molecular weight excluding hydrogens is 288 g/mol. The quantitative estimate of drug-likeness (QED) is 0.852. The predicted octanol–water partition coefficient (Wildman–Crippen LogP) is 1.72. The smallest absolute Gasteiger partial charge is 0.240 e. The molecular formula is C14H20N4O2S. The summed E-state index contributed by atoms with van der Waals surface area (Å²) in [4.78, 5) is 0.266. The van der Waals surface area contributed by atoms with Crippen LogP contribution in [0.1, 0.15) is 19.5 Å². The number of rotatable bonds is 6. The molecule has 1 aromatic heterocycles. The van der Waals surface area contributed by atoms with Gasteiger partial charge in [0.2, 0.25) is 10.0 Å². The maximum absolute atomic E-state index is 12.0. The summed E-state index contributed by atoms with van der Waals surface area (Å²) in [7, 11) is -1.55. The number of hydrogen-bond acceptors (Lipinski definition) is 4. The number of aromatic nitrogens is 2. The van der Waals surface area contributed by atoms with Gasteiger partial charge in [-0.2, -0.15) is 5.10 Å². The molecule has 1 heterocycles. The summed E-state index contributed by atoms with van der Waals surface area (Å²) in [6.07, 6.45) is 1.74. The van der Waals surface area contributed by atoms with Crippen molar-refractivity contribution in [2.45, 2.75) is 31.3 Å². The van der Waals surface area contributed by atoms with E-state index in [9.17, 15) is 8.42 Å². The van der Waals surface area contributed by atoms with Crippen molar-refractivity contribution in [3.05, 3.63) is 42.2 Å². The molecule has 0 aliphatic carbocycles. The molecule has 7 heteroatoms. The fourth-order valence-corrected chi connectivity index (χ4v) is 3.15. The molecule has 0 amide bonds. The minimum absolute atomic E-state index is 0.127. The molecule has 2 aromatic rings. The van der Waals surface area contributed by atoms with Crippen LogP contribution < -0.4 is 10.0 Å². The Hall–Kier alpha value is -1.86. The average Bonchev–Trinajstić information content (AvgIpc) is 2.81. The molecule has 2 rings (SSSR count). The topological polar surface area (TPSA) is 76.0 Å². The van der Waals surface area contributed by atoms with Gasteiger partial charge in [0.25, 0.3) is 0 Å². The van der Waals surface area contributed by atoms with Gasteiger partial charge < -0.3 is 5.32 Å². The summed E-state index contributed by atoms with van der Waals surface area (Å²) in [5.74, 6) is 0. The molecule has 0 radical (unpaired) electrons. The van der Waals surface area contributed by atoms with E-state index < -0.39 is 10.0 Å². The second-order valence-corrected chi connectivity index (χ2v) is 6.81. The zero-order chi connectivity index (χ0) is 15.5. The lowest BCUT2D eigenvalue weighted by Gasteiger charge is -2.11. The van der Waals surface area contributed by atoms with Gasteiger partial charge in [-0.25, -0.2) is 13.1 Å². The third-order valence-corrected chi connectivity index (χ3v) is 4.63. The van der Waals surface area contributed by atoms with Gasteiger partial charge in [0.1, 0.15) is 0 Å². The molecule has 6 nitrogen and oxygen atoms in total. The first-order valence-corrected chi connectivity index (χ1v) is 8.20. The molecule has 2 N–H and O–H groups in total. The van der Waals surface area contributed by atoms with Crippen LogP contribution in [0.5, 0.6) is 0 Å². The lowest BCUT2D eigenvalue weighted by molar-refractivity contribution is 0.570. The summed E-state index contributed by atoms with van der Waals surface area (Å²) >= 11 is 0. The fourth-order valence-electron chi connectivity index (χ4n) is 1.90. The summed E-state index contributed by atoms with van der Waals surface area (Å²) in [5.41, 5.74) is 1.91. The number of hydrogen-bond donors (Lipinski definition) is 2. The van der Waals surface area contributed by atoms with Gasteiger partial charge in [-0.3, -0.25) is 4.68 Å². The lowest BCUT2D eigenvalue weighted by Crippen LogP contribution is -2.30. The molecule has 0 spiro atoms. The summed E-state index contributed by atoms with van der Waals surface area (Å²) < 4.78 is 28.3. The minimum atomic E-state index is -3.43. The third-order valence-electron chi connectivity index (χ3n) is 2.95. The Morgan fingerprint density at radius 3 is 2.38 bits per heavy atom. The van der Waals surface area contributed by atoms with Crippen molar-refractivity contribution < 1.29 is 8.42 Å². The van der Waals surface area contributed by atoms with Gasteiger partial charge in [0, 0.05) is 25.0 Å². The Balaban J connectivity index is 2.04. The van der Waals surface area contributed by atoms with Crippen molar-refractivity contribution in [3.63, 3.8) is 0 Å². The number of anilines is 1. The highest BCUT2D eigenvalue weighted by molar-refractivity contribution is 7.89. The zero-order valence-electron chi connectivity index (χ0n) is 12.4. The Kier molecular flexibility index (Phi) is 4.64. The molecule has 0 aliphatic rings. The van der Waals surface area contributed by atoms with Crippen LogP contribution in [-0.4, -0.2) is 24.2 Å². The SMILES string of the molecule is CC(C)NS(=O)(=O)c1ccc(NCc2ccnn2C)cc1. The summed E-state index contributed by atoms with van der Waals surface area (Å²) in [5, 5.41) is 7.32. The first kappa shape index (κ1) is 15.5. The first-order chi connectivity index (χ1) is 9.88. The van der Waals surface area contributed by atoms with E-state index in [-0.39, 0.29) is 10.9 Å². The standard InChI is InChI=1S/C14H20N4O2S/c1-11(2)17-21(19,20)14-6-4-12(5-7-14)15-10-13-8-9-16-18(13)3/h4-9,11,15,17H,10H2,1-3H3. The van der Waals surface area contributed by atoms with E-state index in [0.29, 0.717) is 6.54 Å². The van der Waals surface area contributed by atoms with E-state index in [1.54, 1.807) is 49.0 Å². The molecule has 0 bridgehead atoms. The second kappa shape index (κ2) is 6.28. The molecule has 0 unspecified atom stereocenters. The van der Waals surface area contributed by atoms with Crippen LogP contribution in [-0.2, 0) is 23.6 Å². The Labute approximate surface area is 125 Å². The van der Waals surface area contributed by atoms with Crippen LogP contribution in [0.4, 0.5) is 5.69 Å². The molecule has 0 saturated heterocycles. The average molecular weight is 308 g/mol. The molecule has 1 aromatic carbocycles. The predicted molar refractivity (Wildman–Crippen MR) is 82.4 cm³/mol. The Morgan fingerprint density at radius 2 is 1.86 bits per heavy atom. The maximum Gasteiger partial charge on any atom is 0.240 e. The highest BCUT2D eigenvalue weighted by Crippen LogP contribution is 2.15. The molecule has 0 fully saturated rings. The maximum atomic E-state index is 12.0. The normalized spacial score (nSPS) is 11.8. The highest BCUT2D eigenvalue weighted by atomic mass is 32.2. The Morgan fingerprint density at radius 1 is 1.19 bits per heavy atom. The van der Waals surface area contributed by atoms with Crippen LogP contribution in [0.15, 0.2) is 41.4 Å². The summed E-state index contributed by atoms with van der Waals surface area (Å²) in [6.45, 7) is 4.22. The number of aryl methyl sites for hydroxylation is 1. The van der Waals surface area contributed by atoms with Crippen LogP contribution >= 0.6 is 0 Å². The van der Waals surface area contributed by atoms with E-state index in [4.69, 9.17) is 0 Å². The molecule has 0 atom stereocenters. The van der Waals surface area contributed by atoms with E-state index in [0.717, 1.165) is 11.4 Å². The van der Waals surface area contributed by atoms with Gasteiger partial charge in [0.15, 0.2) is 0 Å². The molecule has 0 aliphatic heterocycles. The van der Waals surface area contributed by atoms with Gasteiger partial charge in [-0.15, -0.1) is 0 Å². The van der Waals surface area contributed by atoms with Crippen LogP contribution in [0.25, 0.3) is 0 Å². The van der Waals surface area contributed by atoms with E-state index >= 15 is 0 Å². The Bertz CT molecular complexity index is 690. The van der Waals surface area contributed by atoms with Crippen molar-refractivity contribution in [2.75, 3.05) is 5.32 Å². The van der Waals surface area contributed by atoms with Crippen molar-refractivity contribution in [1.82, 2.24) is 14.5 Å². The van der Waals surface area contributed by atoms with Gasteiger partial charge in [0.05, 0.1) is 17.1 Å².